The van der Waals surface area contributed by atoms with E-state index in [4.69, 9.17) is 11.1 Å². The molecule has 3 nitrogen and oxygen atoms in total. The van der Waals surface area contributed by atoms with Crippen molar-refractivity contribution in [3.05, 3.63) is 16.0 Å². The molecule has 0 radical (unpaired) electrons. The summed E-state index contributed by atoms with van der Waals surface area (Å²) in [6.07, 6.45) is 0. The van der Waals surface area contributed by atoms with Crippen LogP contribution in [0.25, 0.3) is 16.0 Å². The molecule has 0 fully saturated rings. The van der Waals surface area contributed by atoms with E-state index in [0.29, 0.717) is 0 Å². The SMILES string of the molecule is [F][W]([F])([F])([F])[F].[N-]=[N+]=[N-]. The largest absolute Gasteiger partial charge is 0.373 e. The summed E-state index contributed by atoms with van der Waals surface area (Å²) in [4.78, 5) is 1.50. The van der Waals surface area contributed by atoms with Gasteiger partial charge in [-0.3, -0.25) is 4.91 Å². The van der Waals surface area contributed by atoms with E-state index in [0.717, 1.165) is 0 Å². The number of halogens is 5. The normalized spacial score (nSPS) is 13.7. The summed E-state index contributed by atoms with van der Waals surface area (Å²) in [7, 11) is 0. The van der Waals surface area contributed by atoms with Crippen LogP contribution in [0.5, 0.6) is 0 Å². The van der Waals surface area contributed by atoms with Crippen LogP contribution >= 0.6 is 0 Å². The maximum atomic E-state index is 9.92. The topological polar surface area (TPSA) is 58.7 Å². The molecule has 9 heavy (non-hydrogen) atoms. The van der Waals surface area contributed by atoms with Crippen LogP contribution in [0.4, 0.5) is 15.8 Å². The molecule has 0 saturated carbocycles. The van der Waals surface area contributed by atoms with E-state index in [1.165, 1.54) is 4.91 Å². The third-order valence-electron chi connectivity index (χ3n) is 0. The second kappa shape index (κ2) is 2.98. The van der Waals surface area contributed by atoms with Gasteiger partial charge >= 0.3 is 33.2 Å². The zero-order valence-corrected chi connectivity index (χ0v) is 6.57. The van der Waals surface area contributed by atoms with Gasteiger partial charge in [-0.15, -0.1) is 0 Å². The molecule has 0 aliphatic heterocycles. The van der Waals surface area contributed by atoms with Crippen LogP contribution in [0.2, 0.25) is 0 Å². The number of nitrogens with zero attached hydrogens (tertiary/aromatic N) is 3. The molecule has 0 aliphatic rings. The third-order valence-corrected chi connectivity index (χ3v) is 0. The number of hydrogen-bond acceptors (Lipinski definition) is 0. The Morgan fingerprint density at radius 1 is 0.889 bits per heavy atom. The molecule has 0 atom stereocenters. The van der Waals surface area contributed by atoms with Gasteiger partial charge in [0.1, 0.15) is 0 Å². The Balaban J connectivity index is 0. The molecule has 0 aromatic heterocycles. The summed E-state index contributed by atoms with van der Waals surface area (Å²) < 4.78 is 49.6. The van der Waals surface area contributed by atoms with Crippen LogP contribution in [0.15, 0.2) is 0 Å². The van der Waals surface area contributed by atoms with Gasteiger partial charge in [-0.25, -0.2) is 0 Å². The van der Waals surface area contributed by atoms with E-state index < -0.39 is 17.4 Å². The monoisotopic (exact) mass is 321 g/mol. The minimum atomic E-state index is -9.25. The Kier molecular flexibility index (Phi) is 3.79. The second-order valence-corrected chi connectivity index (χ2v) is 4.86. The fraction of sp³-hybridized carbons (Fsp3) is 0. The second-order valence-electron chi connectivity index (χ2n) is 0.673. The number of hydrogen-bond donors (Lipinski definition) is 0. The Labute approximate surface area is 50.0 Å². The molecule has 0 aliphatic carbocycles. The summed E-state index contributed by atoms with van der Waals surface area (Å²) in [5.41, 5.74) is 13.5. The van der Waals surface area contributed by atoms with Crippen LogP contribution in [-0.4, -0.2) is 0 Å². The van der Waals surface area contributed by atoms with Crippen LogP contribution in [0, 0.1) is 0 Å². The Morgan fingerprint density at radius 3 is 0.889 bits per heavy atom. The van der Waals surface area contributed by atoms with Crippen molar-refractivity contribution in [3.8, 4) is 0 Å². The Bertz CT molecular complexity index is 96.9. The van der Waals surface area contributed by atoms with Gasteiger partial charge in [-0.2, -0.15) is 0 Å². The smallest absolute Gasteiger partial charge is 0.255 e. The Morgan fingerprint density at radius 2 is 0.889 bits per heavy atom. The molecule has 0 saturated heterocycles. The molecule has 0 spiro atoms. The maximum absolute atomic E-state index is 9.92. The van der Waals surface area contributed by atoms with Crippen molar-refractivity contribution in [2.75, 3.05) is 0 Å². The average Bonchev–Trinajstić information content (AvgIpc) is 1.23. The van der Waals surface area contributed by atoms with Crippen molar-refractivity contribution >= 4 is 0 Å². The van der Waals surface area contributed by atoms with Crippen LogP contribution < -0.4 is 0 Å². The minimum Gasteiger partial charge on any atom is -0.373 e. The van der Waals surface area contributed by atoms with E-state index in [1.54, 1.807) is 0 Å². The van der Waals surface area contributed by atoms with Crippen molar-refractivity contribution < 1.29 is 33.2 Å². The van der Waals surface area contributed by atoms with Crippen LogP contribution in [-0.2, 0) is 17.4 Å². The van der Waals surface area contributed by atoms with E-state index in [1.807, 2.05) is 0 Å². The molecule has 0 unspecified atom stereocenters. The molecular weight excluding hydrogens is 321 g/mol. The summed E-state index contributed by atoms with van der Waals surface area (Å²) in [6, 6.07) is 0. The zero-order valence-electron chi connectivity index (χ0n) is 3.64. The Hall–Kier alpha value is -0.352. The van der Waals surface area contributed by atoms with Gasteiger partial charge in [0.2, 0.25) is 0 Å². The summed E-state index contributed by atoms with van der Waals surface area (Å²) in [6.45, 7) is 0. The molecule has 0 N–H and O–H groups in total. The molecule has 0 rings (SSSR count). The zero-order chi connectivity index (χ0) is 8.15. The molecular formula is F5N3W-. The number of rotatable bonds is 0. The molecule has 0 heterocycles. The predicted molar refractivity (Wildman–Crippen MR) is 15.6 cm³/mol. The first-order valence-electron chi connectivity index (χ1n) is 1.17. The van der Waals surface area contributed by atoms with Crippen molar-refractivity contribution in [1.82, 2.24) is 0 Å². The molecule has 0 amide bonds. The first-order valence-corrected chi connectivity index (χ1v) is 6.72. The summed E-state index contributed by atoms with van der Waals surface area (Å²) in [5, 5.41) is 0. The molecule has 0 aromatic carbocycles. The molecule has 9 heteroatoms. The quantitative estimate of drug-likeness (QED) is 0.285. The van der Waals surface area contributed by atoms with Gasteiger partial charge in [0.25, 0.3) is 0 Å². The first kappa shape index (κ1) is 11.4. The third kappa shape index (κ3) is 1970. The standard InChI is InChI=1S/5FH.N3.W/c;;;;;1-3-2;/h5*1H;;/q;;;;;-1;+5/p-5. The van der Waals surface area contributed by atoms with Crippen molar-refractivity contribution in [2.45, 2.75) is 0 Å². The fourth-order valence-corrected chi connectivity index (χ4v) is 0. The molecule has 0 bridgehead atoms. The van der Waals surface area contributed by atoms with Gasteiger partial charge in [0.05, 0.1) is 0 Å². The van der Waals surface area contributed by atoms with Gasteiger partial charge in [-0.1, -0.05) is 0 Å². The molecule has 0 aromatic rings. The average molecular weight is 321 g/mol. The van der Waals surface area contributed by atoms with E-state index in [2.05, 4.69) is 0 Å². The summed E-state index contributed by atoms with van der Waals surface area (Å²) >= 11 is -9.25. The van der Waals surface area contributed by atoms with Crippen molar-refractivity contribution in [3.63, 3.8) is 0 Å². The minimum absolute atomic E-state index is 1.50. The summed E-state index contributed by atoms with van der Waals surface area (Å²) in [5.74, 6) is 0. The van der Waals surface area contributed by atoms with E-state index in [9.17, 15) is 15.8 Å². The van der Waals surface area contributed by atoms with E-state index >= 15 is 0 Å². The molecule has 57 valence electrons. The van der Waals surface area contributed by atoms with Gasteiger partial charge in [-0.05, 0) is 0 Å². The van der Waals surface area contributed by atoms with Gasteiger partial charge in [0.15, 0.2) is 0 Å². The van der Waals surface area contributed by atoms with Crippen molar-refractivity contribution in [1.29, 1.82) is 0 Å². The maximum Gasteiger partial charge on any atom is -0.255 e. The van der Waals surface area contributed by atoms with Crippen molar-refractivity contribution in [2.24, 2.45) is 0 Å². The fourth-order valence-electron chi connectivity index (χ4n) is 0. The first-order chi connectivity index (χ1) is 3.65. The predicted octanol–water partition coefficient (Wildman–Crippen LogP) is 2.96. The van der Waals surface area contributed by atoms with Gasteiger partial charge < -0.3 is 11.1 Å². The van der Waals surface area contributed by atoms with Crippen LogP contribution in [0.3, 0.4) is 0 Å². The van der Waals surface area contributed by atoms with Gasteiger partial charge in [0, 0.05) is 0 Å². The van der Waals surface area contributed by atoms with E-state index in [-0.39, 0.29) is 0 Å². The van der Waals surface area contributed by atoms with Crippen LogP contribution in [0.1, 0.15) is 0 Å².